The number of thioether (sulfide) groups is 1. The van der Waals surface area contributed by atoms with Crippen molar-refractivity contribution in [3.05, 3.63) is 0 Å². The Bertz CT molecular complexity index is 116. The van der Waals surface area contributed by atoms with Gasteiger partial charge in [0.2, 0.25) is 5.78 Å². The number of nitrogens with zero attached hydrogens (tertiary/aromatic N) is 1. The highest BCUT2D eigenvalue weighted by Crippen LogP contribution is 1.96. The molecule has 0 N–H and O–H groups in total. The average Bonchev–Trinajstić information content (AvgIpc) is 1.83. The molecule has 0 aliphatic carbocycles. The molecule has 0 aliphatic rings. The summed E-state index contributed by atoms with van der Waals surface area (Å²) in [5.74, 6) is 0.900. The summed E-state index contributed by atoms with van der Waals surface area (Å²) < 4.78 is 0. The first-order valence-corrected chi connectivity index (χ1v) is 3.47. The lowest BCUT2D eigenvalue weighted by Crippen LogP contribution is -1.95. The molecule has 0 saturated carbocycles. The molecule has 0 atom stereocenters. The fourth-order valence-electron chi connectivity index (χ4n) is 0.227. The van der Waals surface area contributed by atoms with Crippen LogP contribution in [0.15, 0.2) is 0 Å². The number of hydrogen-bond donors (Lipinski definition) is 0. The van der Waals surface area contributed by atoms with Crippen LogP contribution in [0.5, 0.6) is 0 Å². The summed E-state index contributed by atoms with van der Waals surface area (Å²) in [6.07, 6.45) is 0. The van der Waals surface area contributed by atoms with Gasteiger partial charge in [0.15, 0.2) is 0 Å². The molecule has 0 heterocycles. The molecule has 0 amide bonds. The largest absolute Gasteiger partial charge is 0.282 e. The summed E-state index contributed by atoms with van der Waals surface area (Å²) in [7, 11) is 0. The molecular weight excluding hydrogens is 122 g/mol. The van der Waals surface area contributed by atoms with Crippen molar-refractivity contribution in [1.29, 1.82) is 5.26 Å². The van der Waals surface area contributed by atoms with Crippen molar-refractivity contribution < 1.29 is 4.79 Å². The van der Waals surface area contributed by atoms with E-state index in [4.69, 9.17) is 5.26 Å². The topological polar surface area (TPSA) is 40.9 Å². The van der Waals surface area contributed by atoms with Crippen molar-refractivity contribution >= 4 is 17.5 Å². The Morgan fingerprint density at radius 2 is 2.50 bits per heavy atom. The summed E-state index contributed by atoms with van der Waals surface area (Å²) >= 11 is 1.47. The molecule has 3 heteroatoms. The van der Waals surface area contributed by atoms with Crippen LogP contribution in [0, 0.1) is 11.3 Å². The fraction of sp³-hybridized carbons (Fsp3) is 0.600. The third-order valence-corrected chi connectivity index (χ3v) is 1.44. The second-order valence-corrected chi connectivity index (χ2v) is 2.45. The summed E-state index contributed by atoms with van der Waals surface area (Å²) in [4.78, 5) is 10.2. The van der Waals surface area contributed by atoms with E-state index >= 15 is 0 Å². The number of rotatable bonds is 3. The van der Waals surface area contributed by atoms with Gasteiger partial charge in [-0.2, -0.15) is 17.0 Å². The normalized spacial score (nSPS) is 8.00. The molecule has 0 aromatic carbocycles. The summed E-state index contributed by atoms with van der Waals surface area (Å²) in [5.41, 5.74) is 0. The molecule has 0 aliphatic heterocycles. The fourth-order valence-corrected chi connectivity index (χ4v) is 0.681. The van der Waals surface area contributed by atoms with Gasteiger partial charge in [-0.25, -0.2) is 0 Å². The molecule has 0 spiro atoms. The minimum atomic E-state index is -0.336. The van der Waals surface area contributed by atoms with Crippen molar-refractivity contribution in [3.63, 3.8) is 0 Å². The van der Waals surface area contributed by atoms with Crippen molar-refractivity contribution in [2.75, 3.05) is 11.5 Å². The molecule has 0 rings (SSSR count). The number of hydrogen-bond acceptors (Lipinski definition) is 3. The maximum absolute atomic E-state index is 10.2. The first kappa shape index (κ1) is 7.51. The van der Waals surface area contributed by atoms with Gasteiger partial charge in [-0.3, -0.25) is 4.79 Å². The molecule has 44 valence electrons. The first-order chi connectivity index (χ1) is 3.81. The van der Waals surface area contributed by atoms with E-state index in [9.17, 15) is 4.79 Å². The third kappa shape index (κ3) is 3.69. The van der Waals surface area contributed by atoms with E-state index in [0.717, 1.165) is 5.75 Å². The minimum Gasteiger partial charge on any atom is -0.282 e. The van der Waals surface area contributed by atoms with E-state index in [1.807, 2.05) is 6.92 Å². The Labute approximate surface area is 52.9 Å². The average molecular weight is 129 g/mol. The van der Waals surface area contributed by atoms with E-state index in [-0.39, 0.29) is 5.78 Å². The van der Waals surface area contributed by atoms with Crippen LogP contribution in [0.3, 0.4) is 0 Å². The lowest BCUT2D eigenvalue weighted by molar-refractivity contribution is -0.111. The van der Waals surface area contributed by atoms with Gasteiger partial charge in [-0.1, -0.05) is 6.92 Å². The highest BCUT2D eigenvalue weighted by atomic mass is 32.2. The Morgan fingerprint density at radius 3 is 2.88 bits per heavy atom. The summed E-state index contributed by atoms with van der Waals surface area (Å²) in [6.45, 7) is 1.95. The zero-order valence-corrected chi connectivity index (χ0v) is 5.49. The number of carbonyl (C=O) groups is 1. The molecule has 0 aromatic heterocycles. The molecule has 0 aromatic rings. The monoisotopic (exact) mass is 129 g/mol. The molecule has 0 unspecified atom stereocenters. The van der Waals surface area contributed by atoms with Gasteiger partial charge in [0.05, 0.1) is 5.75 Å². The number of ketones is 1. The quantitative estimate of drug-likeness (QED) is 0.530. The number of Topliss-reactive ketones (excluding diaryl/α,β-unsaturated/α-hetero) is 1. The number of carbonyl (C=O) groups excluding carboxylic acids is 1. The van der Waals surface area contributed by atoms with Crippen LogP contribution in [0.4, 0.5) is 0 Å². The van der Waals surface area contributed by atoms with Gasteiger partial charge in [0.25, 0.3) is 0 Å². The van der Waals surface area contributed by atoms with Gasteiger partial charge in [-0.05, 0) is 5.75 Å². The lowest BCUT2D eigenvalue weighted by Gasteiger charge is -1.85. The van der Waals surface area contributed by atoms with Crippen molar-refractivity contribution in [2.24, 2.45) is 0 Å². The third-order valence-electron chi connectivity index (χ3n) is 0.562. The van der Waals surface area contributed by atoms with E-state index in [1.54, 1.807) is 6.07 Å². The second-order valence-electron chi connectivity index (χ2n) is 1.17. The van der Waals surface area contributed by atoms with E-state index in [2.05, 4.69) is 0 Å². The van der Waals surface area contributed by atoms with Crippen LogP contribution in [-0.2, 0) is 4.79 Å². The van der Waals surface area contributed by atoms with Crippen molar-refractivity contribution in [2.45, 2.75) is 6.92 Å². The molecule has 0 bridgehead atoms. The molecule has 0 saturated heterocycles. The van der Waals surface area contributed by atoms with Crippen LogP contribution in [0.2, 0.25) is 0 Å². The lowest BCUT2D eigenvalue weighted by atomic mass is 10.5. The summed E-state index contributed by atoms with van der Waals surface area (Å²) in [5, 5.41) is 7.95. The van der Waals surface area contributed by atoms with Crippen LogP contribution in [-0.4, -0.2) is 17.3 Å². The van der Waals surface area contributed by atoms with Gasteiger partial charge >= 0.3 is 0 Å². The van der Waals surface area contributed by atoms with E-state index in [1.165, 1.54) is 11.8 Å². The van der Waals surface area contributed by atoms with Crippen molar-refractivity contribution in [1.82, 2.24) is 0 Å². The first-order valence-electron chi connectivity index (χ1n) is 2.32. The minimum absolute atomic E-state index is 0.336. The van der Waals surface area contributed by atoms with Gasteiger partial charge in [0.1, 0.15) is 6.07 Å². The molecular formula is C5H7NOS. The van der Waals surface area contributed by atoms with Gasteiger partial charge in [-0.15, -0.1) is 0 Å². The van der Waals surface area contributed by atoms with Crippen LogP contribution < -0.4 is 0 Å². The van der Waals surface area contributed by atoms with Gasteiger partial charge in [0, 0.05) is 0 Å². The SMILES string of the molecule is CCSCC(=O)C#N. The van der Waals surface area contributed by atoms with Crippen LogP contribution >= 0.6 is 11.8 Å². The highest BCUT2D eigenvalue weighted by Gasteiger charge is 1.94. The second kappa shape index (κ2) is 4.66. The maximum atomic E-state index is 10.2. The predicted octanol–water partition coefficient (Wildman–Crippen LogP) is 0.832. The molecule has 0 fully saturated rings. The number of nitriles is 1. The van der Waals surface area contributed by atoms with E-state index < -0.39 is 0 Å². The molecule has 0 radical (unpaired) electrons. The zero-order valence-electron chi connectivity index (χ0n) is 4.68. The Kier molecular flexibility index (Phi) is 4.38. The molecule has 8 heavy (non-hydrogen) atoms. The van der Waals surface area contributed by atoms with E-state index in [0.29, 0.717) is 5.75 Å². The Morgan fingerprint density at radius 1 is 1.88 bits per heavy atom. The van der Waals surface area contributed by atoms with Crippen LogP contribution in [0.25, 0.3) is 0 Å². The standard InChI is InChI=1S/C5H7NOS/c1-2-8-4-5(7)3-6/h2,4H2,1H3. The smallest absolute Gasteiger partial charge is 0.241 e. The van der Waals surface area contributed by atoms with Crippen LogP contribution in [0.1, 0.15) is 6.92 Å². The Hall–Kier alpha value is -0.490. The molecule has 2 nitrogen and oxygen atoms in total. The van der Waals surface area contributed by atoms with Crippen molar-refractivity contribution in [3.8, 4) is 6.07 Å². The Balaban J connectivity index is 3.16. The zero-order chi connectivity index (χ0) is 6.41. The summed E-state index contributed by atoms with van der Waals surface area (Å²) in [6, 6.07) is 1.54. The predicted molar refractivity (Wildman–Crippen MR) is 33.6 cm³/mol. The maximum Gasteiger partial charge on any atom is 0.241 e. The van der Waals surface area contributed by atoms with Gasteiger partial charge < -0.3 is 0 Å². The highest BCUT2D eigenvalue weighted by molar-refractivity contribution is 7.99.